The Morgan fingerprint density at radius 1 is 0.833 bits per heavy atom. The van der Waals surface area contributed by atoms with E-state index in [1.165, 1.54) is 5.56 Å². The number of phenolic OH excluding ortho intramolecular Hbond substituents is 2. The minimum absolute atomic E-state index is 0.197. The van der Waals surface area contributed by atoms with Crippen LogP contribution < -0.4 is 5.73 Å². The van der Waals surface area contributed by atoms with Gasteiger partial charge in [0.1, 0.15) is 11.5 Å². The number of hydrogen-bond acceptors (Lipinski definition) is 3. The highest BCUT2D eigenvalue weighted by Crippen LogP contribution is 2.41. The van der Waals surface area contributed by atoms with Crippen LogP contribution in [-0.4, -0.2) is 10.2 Å². The van der Waals surface area contributed by atoms with Gasteiger partial charge >= 0.3 is 0 Å². The van der Waals surface area contributed by atoms with Crippen LogP contribution in [0, 0.1) is 0 Å². The first-order valence-electron chi connectivity index (χ1n) is 8.95. The molecule has 2 aromatic carbocycles. The molecule has 24 heavy (non-hydrogen) atoms. The van der Waals surface area contributed by atoms with E-state index in [1.54, 1.807) is 0 Å². The van der Waals surface area contributed by atoms with Gasteiger partial charge in [-0.2, -0.15) is 0 Å². The van der Waals surface area contributed by atoms with Crippen molar-refractivity contribution >= 4 is 0 Å². The van der Waals surface area contributed by atoms with E-state index >= 15 is 0 Å². The topological polar surface area (TPSA) is 66.5 Å². The molecule has 3 nitrogen and oxygen atoms in total. The number of aryl methyl sites for hydroxylation is 2. The van der Waals surface area contributed by atoms with Gasteiger partial charge in [-0.25, -0.2) is 0 Å². The summed E-state index contributed by atoms with van der Waals surface area (Å²) in [5.74, 6) is 0.438. The summed E-state index contributed by atoms with van der Waals surface area (Å²) < 4.78 is 0. The quantitative estimate of drug-likeness (QED) is 0.691. The van der Waals surface area contributed by atoms with Crippen LogP contribution in [0.3, 0.4) is 0 Å². The molecule has 0 amide bonds. The molecule has 2 rings (SSSR count). The monoisotopic (exact) mass is 327 g/mol. The lowest BCUT2D eigenvalue weighted by molar-refractivity contribution is 0.435. The van der Waals surface area contributed by atoms with Gasteiger partial charge in [0, 0.05) is 17.7 Å². The van der Waals surface area contributed by atoms with E-state index in [0.717, 1.165) is 47.9 Å². The second kappa shape index (κ2) is 8.20. The molecule has 0 aliphatic carbocycles. The van der Waals surface area contributed by atoms with Crippen molar-refractivity contribution in [2.24, 2.45) is 5.73 Å². The Bertz CT molecular complexity index is 707. The Hall–Kier alpha value is -2.00. The first kappa shape index (κ1) is 18.3. The van der Waals surface area contributed by atoms with E-state index in [9.17, 15) is 10.2 Å². The molecule has 0 saturated heterocycles. The van der Waals surface area contributed by atoms with Crippen molar-refractivity contribution in [1.82, 2.24) is 0 Å². The summed E-state index contributed by atoms with van der Waals surface area (Å²) in [6.45, 7) is 6.70. The molecule has 3 heteroatoms. The molecule has 0 aromatic heterocycles. The number of aromatic hydroxyl groups is 2. The van der Waals surface area contributed by atoms with E-state index in [4.69, 9.17) is 5.73 Å². The minimum atomic E-state index is 0.197. The molecular formula is C21H29NO2. The van der Waals surface area contributed by atoms with Gasteiger partial charge in [0.25, 0.3) is 0 Å². The highest BCUT2D eigenvalue weighted by molar-refractivity contribution is 5.76. The number of nitrogens with two attached hydrogens (primary N) is 1. The first-order valence-corrected chi connectivity index (χ1v) is 8.95. The molecule has 0 aliphatic heterocycles. The van der Waals surface area contributed by atoms with Crippen LogP contribution in [0.15, 0.2) is 24.3 Å². The fraction of sp³-hybridized carbons (Fsp3) is 0.429. The van der Waals surface area contributed by atoms with E-state index in [2.05, 4.69) is 19.1 Å². The number of phenols is 2. The molecule has 0 aliphatic rings. The molecule has 0 heterocycles. The third kappa shape index (κ3) is 3.73. The van der Waals surface area contributed by atoms with Crippen molar-refractivity contribution in [2.75, 3.05) is 0 Å². The summed E-state index contributed by atoms with van der Waals surface area (Å²) in [6, 6.07) is 8.22. The SMILES string of the molecule is CCCc1cc(CN)cc(-c2cc(CC)c(O)c(CCC)c2O)c1. The van der Waals surface area contributed by atoms with Crippen LogP contribution in [0.5, 0.6) is 11.5 Å². The van der Waals surface area contributed by atoms with Gasteiger partial charge in [-0.3, -0.25) is 0 Å². The summed E-state index contributed by atoms with van der Waals surface area (Å²) in [4.78, 5) is 0. The predicted octanol–water partition coefficient (Wildman–Crippen LogP) is 4.69. The van der Waals surface area contributed by atoms with Gasteiger partial charge in [0.05, 0.1) is 0 Å². The Labute approximate surface area is 145 Å². The number of benzene rings is 2. The number of hydrogen-bond donors (Lipinski definition) is 3. The number of rotatable bonds is 7. The van der Waals surface area contributed by atoms with Crippen molar-refractivity contribution in [2.45, 2.75) is 59.4 Å². The fourth-order valence-corrected chi connectivity index (χ4v) is 3.22. The van der Waals surface area contributed by atoms with Crippen LogP contribution in [0.4, 0.5) is 0 Å². The Kier molecular flexibility index (Phi) is 6.27. The molecule has 0 spiro atoms. The normalized spacial score (nSPS) is 11.0. The van der Waals surface area contributed by atoms with Crippen LogP contribution in [0.1, 0.15) is 55.9 Å². The summed E-state index contributed by atoms with van der Waals surface area (Å²) in [5, 5.41) is 21.2. The maximum Gasteiger partial charge on any atom is 0.130 e. The standard InChI is InChI=1S/C21H29NO2/c1-4-7-14-9-15(13-22)11-17(10-14)19-12-16(6-3)20(23)18(8-5-2)21(19)24/h9-12,23-24H,4-8,13,22H2,1-3H3. The highest BCUT2D eigenvalue weighted by Gasteiger charge is 2.17. The zero-order valence-electron chi connectivity index (χ0n) is 15.0. The molecule has 2 aromatic rings. The third-order valence-corrected chi connectivity index (χ3v) is 4.47. The van der Waals surface area contributed by atoms with Gasteiger partial charge < -0.3 is 15.9 Å². The Morgan fingerprint density at radius 3 is 2.08 bits per heavy atom. The molecule has 0 saturated carbocycles. The summed E-state index contributed by atoms with van der Waals surface area (Å²) in [5.41, 5.74) is 11.5. The molecule has 0 atom stereocenters. The second-order valence-electron chi connectivity index (χ2n) is 6.35. The lowest BCUT2D eigenvalue weighted by Crippen LogP contribution is -2.00. The molecule has 0 radical (unpaired) electrons. The first-order chi connectivity index (χ1) is 11.5. The molecule has 4 N–H and O–H groups in total. The average Bonchev–Trinajstić information content (AvgIpc) is 2.58. The van der Waals surface area contributed by atoms with Crippen molar-refractivity contribution < 1.29 is 10.2 Å². The maximum absolute atomic E-state index is 10.8. The van der Waals surface area contributed by atoms with Crippen molar-refractivity contribution in [1.29, 1.82) is 0 Å². The summed E-state index contributed by atoms with van der Waals surface area (Å²) >= 11 is 0. The van der Waals surface area contributed by atoms with Gasteiger partial charge in [-0.05, 0) is 53.6 Å². The van der Waals surface area contributed by atoms with Crippen molar-refractivity contribution in [3.05, 3.63) is 46.5 Å². The van der Waals surface area contributed by atoms with Crippen LogP contribution in [0.25, 0.3) is 11.1 Å². The Balaban J connectivity index is 2.67. The van der Waals surface area contributed by atoms with Crippen molar-refractivity contribution in [3.63, 3.8) is 0 Å². The van der Waals surface area contributed by atoms with Gasteiger partial charge in [0.2, 0.25) is 0 Å². The van der Waals surface area contributed by atoms with E-state index in [1.807, 2.05) is 26.0 Å². The highest BCUT2D eigenvalue weighted by atomic mass is 16.3. The van der Waals surface area contributed by atoms with E-state index in [-0.39, 0.29) is 11.5 Å². The molecule has 130 valence electrons. The van der Waals surface area contributed by atoms with Crippen molar-refractivity contribution in [3.8, 4) is 22.6 Å². The summed E-state index contributed by atoms with van der Waals surface area (Å²) in [6.07, 6.45) is 4.32. The van der Waals surface area contributed by atoms with Gasteiger partial charge in [-0.15, -0.1) is 0 Å². The fourth-order valence-electron chi connectivity index (χ4n) is 3.22. The van der Waals surface area contributed by atoms with E-state index < -0.39 is 0 Å². The third-order valence-electron chi connectivity index (χ3n) is 4.47. The lowest BCUT2D eigenvalue weighted by atomic mass is 9.91. The van der Waals surface area contributed by atoms with Crippen LogP contribution in [-0.2, 0) is 25.8 Å². The lowest BCUT2D eigenvalue weighted by Gasteiger charge is -2.16. The van der Waals surface area contributed by atoms with Crippen LogP contribution in [0.2, 0.25) is 0 Å². The van der Waals surface area contributed by atoms with Gasteiger partial charge in [0.15, 0.2) is 0 Å². The largest absolute Gasteiger partial charge is 0.507 e. The minimum Gasteiger partial charge on any atom is -0.507 e. The molecule has 0 unspecified atom stereocenters. The van der Waals surface area contributed by atoms with Gasteiger partial charge in [-0.1, -0.05) is 45.7 Å². The second-order valence-corrected chi connectivity index (χ2v) is 6.35. The summed E-state index contributed by atoms with van der Waals surface area (Å²) in [7, 11) is 0. The molecule has 0 bridgehead atoms. The molecule has 0 fully saturated rings. The zero-order valence-corrected chi connectivity index (χ0v) is 15.0. The smallest absolute Gasteiger partial charge is 0.130 e. The maximum atomic E-state index is 10.8. The van der Waals surface area contributed by atoms with Crippen LogP contribution >= 0.6 is 0 Å². The zero-order chi connectivity index (χ0) is 17.7. The average molecular weight is 327 g/mol. The Morgan fingerprint density at radius 2 is 1.50 bits per heavy atom. The molecular weight excluding hydrogens is 298 g/mol. The van der Waals surface area contributed by atoms with E-state index in [0.29, 0.717) is 18.5 Å². The predicted molar refractivity (Wildman–Crippen MR) is 100 cm³/mol.